The highest BCUT2D eigenvalue weighted by Crippen LogP contribution is 2.40. The Morgan fingerprint density at radius 3 is 1.95 bits per heavy atom. The first-order valence-corrected chi connectivity index (χ1v) is 15.6. The number of unbranched alkanes of at least 4 members (excludes halogenated alkanes) is 3. The molecule has 0 saturated heterocycles. The van der Waals surface area contributed by atoms with Gasteiger partial charge in [-0.1, -0.05) is 107 Å². The molecule has 2 aromatic rings. The van der Waals surface area contributed by atoms with Gasteiger partial charge in [0.15, 0.2) is 0 Å². The number of halogens is 3. The molecule has 3 heteroatoms. The summed E-state index contributed by atoms with van der Waals surface area (Å²) in [6, 6.07) is 10.7. The molecule has 2 aromatic carbocycles. The third-order valence-corrected chi connectivity index (χ3v) is 9.78. The molecule has 0 aromatic heterocycles. The topological polar surface area (TPSA) is 0 Å². The van der Waals surface area contributed by atoms with Gasteiger partial charge in [-0.25, -0.2) is 8.78 Å². The monoisotopic (exact) mass is 528 g/mol. The Labute approximate surface area is 229 Å². The number of rotatable bonds is 12. The number of hydrogen-bond donors (Lipinski definition) is 0. The highest BCUT2D eigenvalue weighted by atomic mass is 35.5. The molecule has 0 amide bonds. The van der Waals surface area contributed by atoms with Crippen molar-refractivity contribution >= 4 is 11.6 Å². The van der Waals surface area contributed by atoms with Crippen LogP contribution in [-0.4, -0.2) is 0 Å². The smallest absolute Gasteiger partial charge is 0.142 e. The second-order valence-electron chi connectivity index (χ2n) is 12.1. The van der Waals surface area contributed by atoms with Crippen molar-refractivity contribution in [2.24, 2.45) is 17.8 Å². The maximum Gasteiger partial charge on any atom is 0.142 e. The zero-order valence-electron chi connectivity index (χ0n) is 22.9. The van der Waals surface area contributed by atoms with E-state index in [1.807, 2.05) is 12.1 Å². The van der Waals surface area contributed by atoms with Crippen molar-refractivity contribution in [2.45, 2.75) is 122 Å². The maximum atomic E-state index is 14.9. The Morgan fingerprint density at radius 1 is 0.676 bits per heavy atom. The van der Waals surface area contributed by atoms with Crippen LogP contribution in [0.5, 0.6) is 0 Å². The molecular formula is C34H47ClF2. The van der Waals surface area contributed by atoms with Gasteiger partial charge in [-0.3, -0.25) is 0 Å². The zero-order valence-corrected chi connectivity index (χ0v) is 23.7. The molecule has 0 bridgehead atoms. The Balaban J connectivity index is 1.15. The van der Waals surface area contributed by atoms with Crippen LogP contribution in [0, 0.1) is 29.4 Å². The van der Waals surface area contributed by atoms with Gasteiger partial charge in [0.05, 0.1) is 5.02 Å². The molecule has 2 saturated carbocycles. The molecule has 0 heterocycles. The average molecular weight is 529 g/mol. The molecule has 2 aliphatic rings. The number of benzene rings is 2. The molecule has 0 aliphatic heterocycles. The molecule has 204 valence electrons. The average Bonchev–Trinajstić information content (AvgIpc) is 2.92. The predicted octanol–water partition coefficient (Wildman–Crippen LogP) is 11.2. The van der Waals surface area contributed by atoms with Crippen LogP contribution in [0.25, 0.3) is 0 Å². The minimum absolute atomic E-state index is 0.116. The van der Waals surface area contributed by atoms with Crippen molar-refractivity contribution in [2.75, 3.05) is 0 Å². The van der Waals surface area contributed by atoms with Crippen LogP contribution in [0.1, 0.15) is 126 Å². The molecule has 0 N–H and O–H groups in total. The SMILES string of the molecule is CCCCCC[C@H]1CC[C@H](CC[C@H]2CC[C@H](c3ccc(CCc4ccc(Cl)c(F)c4)c(F)c3)CC2)CC1. The van der Waals surface area contributed by atoms with E-state index in [2.05, 4.69) is 13.0 Å². The summed E-state index contributed by atoms with van der Waals surface area (Å²) in [7, 11) is 0. The van der Waals surface area contributed by atoms with E-state index in [-0.39, 0.29) is 10.8 Å². The summed E-state index contributed by atoms with van der Waals surface area (Å²) in [6.07, 6.45) is 22.0. The molecule has 4 rings (SSSR count). The number of aryl methyl sites for hydroxylation is 2. The van der Waals surface area contributed by atoms with Gasteiger partial charge in [0, 0.05) is 0 Å². The molecule has 2 aliphatic carbocycles. The molecule has 0 spiro atoms. The van der Waals surface area contributed by atoms with Gasteiger partial charge in [-0.2, -0.15) is 0 Å². The predicted molar refractivity (Wildman–Crippen MR) is 153 cm³/mol. The lowest BCUT2D eigenvalue weighted by Crippen LogP contribution is -2.18. The highest BCUT2D eigenvalue weighted by molar-refractivity contribution is 6.30. The van der Waals surface area contributed by atoms with Crippen molar-refractivity contribution < 1.29 is 8.78 Å². The van der Waals surface area contributed by atoms with Crippen LogP contribution in [0.4, 0.5) is 8.78 Å². The van der Waals surface area contributed by atoms with E-state index in [0.29, 0.717) is 24.3 Å². The van der Waals surface area contributed by atoms with Crippen LogP contribution in [0.15, 0.2) is 36.4 Å². The zero-order chi connectivity index (χ0) is 26.0. The lowest BCUT2D eigenvalue weighted by Gasteiger charge is -2.32. The molecule has 0 atom stereocenters. The fraction of sp³-hybridized carbons (Fsp3) is 0.647. The molecule has 0 nitrogen and oxygen atoms in total. The Kier molecular flexibility index (Phi) is 11.3. The summed E-state index contributed by atoms with van der Waals surface area (Å²) in [5.41, 5.74) is 2.72. The summed E-state index contributed by atoms with van der Waals surface area (Å²) < 4.78 is 28.6. The van der Waals surface area contributed by atoms with Crippen LogP contribution in [-0.2, 0) is 12.8 Å². The van der Waals surface area contributed by atoms with Crippen molar-refractivity contribution in [3.63, 3.8) is 0 Å². The summed E-state index contributed by atoms with van der Waals surface area (Å²) in [6.45, 7) is 2.30. The van der Waals surface area contributed by atoms with E-state index in [0.717, 1.165) is 28.9 Å². The first kappa shape index (κ1) is 28.6. The molecule has 0 radical (unpaired) electrons. The normalized spacial score (nSPS) is 24.3. The lowest BCUT2D eigenvalue weighted by molar-refractivity contribution is 0.222. The van der Waals surface area contributed by atoms with Crippen molar-refractivity contribution in [1.29, 1.82) is 0 Å². The lowest BCUT2D eigenvalue weighted by atomic mass is 9.74. The van der Waals surface area contributed by atoms with Crippen LogP contribution in [0.3, 0.4) is 0 Å². The van der Waals surface area contributed by atoms with Gasteiger partial charge in [0.1, 0.15) is 11.6 Å². The third kappa shape index (κ3) is 8.81. The minimum Gasteiger partial charge on any atom is -0.207 e. The van der Waals surface area contributed by atoms with Crippen molar-refractivity contribution in [3.8, 4) is 0 Å². The van der Waals surface area contributed by atoms with Gasteiger partial charge < -0.3 is 0 Å². The van der Waals surface area contributed by atoms with Gasteiger partial charge in [-0.15, -0.1) is 0 Å². The first-order valence-electron chi connectivity index (χ1n) is 15.2. The largest absolute Gasteiger partial charge is 0.207 e. The Hall–Kier alpha value is -1.41. The summed E-state index contributed by atoms with van der Waals surface area (Å²) in [5.74, 6) is 2.81. The van der Waals surface area contributed by atoms with Crippen LogP contribution in [0.2, 0.25) is 5.02 Å². The maximum absolute atomic E-state index is 14.9. The highest BCUT2D eigenvalue weighted by Gasteiger charge is 2.25. The van der Waals surface area contributed by atoms with Gasteiger partial charge in [0.2, 0.25) is 0 Å². The standard InChI is InChI=1S/C34H47ClF2/c1-2-3-4-5-6-25-7-9-26(10-8-25)11-12-27-13-17-29(18-14-27)31-21-20-30(33(36)24-31)19-15-28-16-22-32(35)34(37)23-28/h16,20-27,29H,2-15,17-19H2,1H3/t25-,26-,27-,29-. The van der Waals surface area contributed by atoms with Crippen LogP contribution >= 0.6 is 11.6 Å². The van der Waals surface area contributed by atoms with Crippen molar-refractivity contribution in [3.05, 3.63) is 69.7 Å². The fourth-order valence-electron chi connectivity index (χ4n) is 6.92. The molecule has 2 fully saturated rings. The molecule has 37 heavy (non-hydrogen) atoms. The van der Waals surface area contributed by atoms with Gasteiger partial charge in [-0.05, 0) is 97.1 Å². The summed E-state index contributed by atoms with van der Waals surface area (Å²) in [4.78, 5) is 0. The van der Waals surface area contributed by atoms with Crippen LogP contribution < -0.4 is 0 Å². The fourth-order valence-corrected chi connectivity index (χ4v) is 7.04. The van der Waals surface area contributed by atoms with Crippen molar-refractivity contribution in [1.82, 2.24) is 0 Å². The van der Waals surface area contributed by atoms with Gasteiger partial charge >= 0.3 is 0 Å². The quantitative estimate of drug-likeness (QED) is 0.240. The summed E-state index contributed by atoms with van der Waals surface area (Å²) in [5, 5.41) is 0.129. The second kappa shape index (κ2) is 14.7. The second-order valence-corrected chi connectivity index (χ2v) is 12.5. The van der Waals surface area contributed by atoms with E-state index >= 15 is 0 Å². The Bertz CT molecular complexity index is 954. The van der Waals surface area contributed by atoms with E-state index < -0.39 is 5.82 Å². The first-order chi connectivity index (χ1) is 18.0. The van der Waals surface area contributed by atoms with E-state index in [9.17, 15) is 8.78 Å². The molecule has 0 unspecified atom stereocenters. The minimum atomic E-state index is -0.411. The number of hydrogen-bond acceptors (Lipinski definition) is 0. The Morgan fingerprint density at radius 2 is 1.32 bits per heavy atom. The van der Waals surface area contributed by atoms with Gasteiger partial charge in [0.25, 0.3) is 0 Å². The summed E-state index contributed by atoms with van der Waals surface area (Å²) >= 11 is 5.77. The van der Waals surface area contributed by atoms with E-state index in [1.165, 1.54) is 102 Å². The van der Waals surface area contributed by atoms with E-state index in [4.69, 9.17) is 11.6 Å². The van der Waals surface area contributed by atoms with E-state index in [1.54, 1.807) is 12.1 Å². The molecular weight excluding hydrogens is 482 g/mol. The third-order valence-electron chi connectivity index (χ3n) is 9.48.